The summed E-state index contributed by atoms with van der Waals surface area (Å²) in [5.41, 5.74) is 11.8. The maximum absolute atomic E-state index is 2.50. The standard InChI is InChI=1S/C60H42N2S/c1-6-20-43(21-7-1)45-24-18-25-46(40-45)61-57-39-36-47(41-55(57)60-52(33-19-35-58(60)61)44-22-8-2-9-23-44)62-56-34-17-16-32-53(56)54-38-37-51(42-59(54)62)63(48-26-10-3-11-27-48,49-28-12-4-13-29-49)50-30-14-5-15-31-50/h1-42H. The van der Waals surface area contributed by atoms with Crippen molar-refractivity contribution in [3.63, 3.8) is 0 Å². The van der Waals surface area contributed by atoms with Crippen molar-refractivity contribution < 1.29 is 0 Å². The van der Waals surface area contributed by atoms with Gasteiger partial charge in [0.05, 0.1) is 22.1 Å². The van der Waals surface area contributed by atoms with Crippen LogP contribution in [0, 0.1) is 0 Å². The molecule has 0 bridgehead atoms. The highest BCUT2D eigenvalue weighted by Crippen LogP contribution is 2.73. The van der Waals surface area contributed by atoms with Gasteiger partial charge in [-0.05, 0) is 113 Å². The highest BCUT2D eigenvalue weighted by molar-refractivity contribution is 8.34. The van der Waals surface area contributed by atoms with Crippen molar-refractivity contribution in [2.24, 2.45) is 0 Å². The summed E-state index contributed by atoms with van der Waals surface area (Å²) in [7, 11) is -1.91. The van der Waals surface area contributed by atoms with Crippen molar-refractivity contribution in [2.45, 2.75) is 19.6 Å². The van der Waals surface area contributed by atoms with Crippen LogP contribution in [-0.2, 0) is 0 Å². The van der Waals surface area contributed by atoms with Gasteiger partial charge in [0.2, 0.25) is 0 Å². The highest BCUT2D eigenvalue weighted by Gasteiger charge is 2.34. The van der Waals surface area contributed by atoms with Gasteiger partial charge in [-0.3, -0.25) is 0 Å². The molecule has 0 aliphatic carbocycles. The summed E-state index contributed by atoms with van der Waals surface area (Å²) in [5.74, 6) is 0. The summed E-state index contributed by atoms with van der Waals surface area (Å²) < 4.78 is 4.96. The summed E-state index contributed by atoms with van der Waals surface area (Å²) >= 11 is 0. The van der Waals surface area contributed by atoms with Crippen LogP contribution in [0.25, 0.3) is 77.2 Å². The monoisotopic (exact) mass is 822 g/mol. The Balaban J connectivity index is 1.15. The highest BCUT2D eigenvalue weighted by atomic mass is 32.3. The van der Waals surface area contributed by atoms with Crippen LogP contribution in [0.5, 0.6) is 0 Å². The minimum absolute atomic E-state index is 1.13. The first kappa shape index (κ1) is 37.0. The van der Waals surface area contributed by atoms with E-state index in [1.54, 1.807) is 0 Å². The second kappa shape index (κ2) is 15.3. The molecule has 0 fully saturated rings. The Morgan fingerprint density at radius 3 is 1.41 bits per heavy atom. The number of hydrogen-bond donors (Lipinski definition) is 0. The molecule has 2 nitrogen and oxygen atoms in total. The lowest BCUT2D eigenvalue weighted by molar-refractivity contribution is 1.16. The van der Waals surface area contributed by atoms with Gasteiger partial charge in [-0.15, -0.1) is 10.0 Å². The van der Waals surface area contributed by atoms with E-state index in [0.29, 0.717) is 0 Å². The molecule has 298 valence electrons. The Bertz CT molecular complexity index is 3500. The molecule has 10 aromatic carbocycles. The molecule has 0 radical (unpaired) electrons. The third-order valence-electron chi connectivity index (χ3n) is 12.6. The van der Waals surface area contributed by atoms with E-state index in [-0.39, 0.29) is 0 Å². The van der Waals surface area contributed by atoms with Gasteiger partial charge in [-0.1, -0.05) is 164 Å². The Labute approximate surface area is 368 Å². The van der Waals surface area contributed by atoms with E-state index in [4.69, 9.17) is 0 Å². The van der Waals surface area contributed by atoms with E-state index >= 15 is 0 Å². The van der Waals surface area contributed by atoms with Crippen LogP contribution >= 0.6 is 10.0 Å². The largest absolute Gasteiger partial charge is 0.309 e. The number of benzene rings is 10. The lowest BCUT2D eigenvalue weighted by Gasteiger charge is -2.42. The molecule has 12 rings (SSSR count). The van der Waals surface area contributed by atoms with Crippen LogP contribution in [-0.4, -0.2) is 9.13 Å². The summed E-state index contributed by atoms with van der Waals surface area (Å²) in [6.07, 6.45) is 0. The Morgan fingerprint density at radius 2 is 0.746 bits per heavy atom. The average Bonchev–Trinajstić information content (AvgIpc) is 3.88. The molecule has 2 aromatic heterocycles. The van der Waals surface area contributed by atoms with Crippen LogP contribution in [0.15, 0.2) is 274 Å². The number of aromatic nitrogens is 2. The smallest absolute Gasteiger partial charge is 0.0552 e. The first-order chi connectivity index (χ1) is 31.3. The van der Waals surface area contributed by atoms with Gasteiger partial charge >= 0.3 is 0 Å². The third kappa shape index (κ3) is 5.96. The SMILES string of the molecule is c1ccc(-c2cccc(-n3c4ccc(-n5c6ccccc6c6ccc(S(c7ccccc7)(c7ccccc7)c7ccccc7)cc65)cc4c4c(-c5ccccc5)cccc43)c2)cc1. The first-order valence-electron chi connectivity index (χ1n) is 21.6. The van der Waals surface area contributed by atoms with Crippen LogP contribution in [0.4, 0.5) is 0 Å². The van der Waals surface area contributed by atoms with E-state index in [2.05, 4.69) is 264 Å². The third-order valence-corrected chi connectivity index (χ3v) is 16.5. The molecule has 0 aliphatic heterocycles. The molecular formula is C60H42N2S. The Hall–Kier alpha value is -7.85. The number of nitrogens with zero attached hydrogens (tertiary/aromatic N) is 2. The van der Waals surface area contributed by atoms with Gasteiger partial charge in [0, 0.05) is 52.5 Å². The summed E-state index contributed by atoms with van der Waals surface area (Å²) in [4.78, 5) is 5.22. The zero-order chi connectivity index (χ0) is 41.7. The van der Waals surface area contributed by atoms with E-state index in [1.165, 1.54) is 85.4 Å². The number of fused-ring (bicyclic) bond motifs is 6. The van der Waals surface area contributed by atoms with Gasteiger partial charge in [0.1, 0.15) is 0 Å². The first-order valence-corrected chi connectivity index (χ1v) is 23.2. The van der Waals surface area contributed by atoms with Crippen LogP contribution in [0.1, 0.15) is 0 Å². The second-order valence-electron chi connectivity index (χ2n) is 16.1. The molecule has 0 spiro atoms. The molecule has 63 heavy (non-hydrogen) atoms. The topological polar surface area (TPSA) is 9.86 Å². The van der Waals surface area contributed by atoms with E-state index in [9.17, 15) is 0 Å². The molecule has 0 amide bonds. The normalized spacial score (nSPS) is 12.1. The van der Waals surface area contributed by atoms with Crippen LogP contribution < -0.4 is 0 Å². The van der Waals surface area contributed by atoms with E-state index < -0.39 is 10.0 Å². The second-order valence-corrected chi connectivity index (χ2v) is 19.2. The average molecular weight is 823 g/mol. The number of hydrogen-bond acceptors (Lipinski definition) is 0. The minimum atomic E-state index is -1.91. The molecule has 0 saturated carbocycles. The van der Waals surface area contributed by atoms with Gasteiger partial charge in [-0.25, -0.2) is 0 Å². The summed E-state index contributed by atoms with van der Waals surface area (Å²) in [6.45, 7) is 0. The molecule has 0 atom stereocenters. The van der Waals surface area contributed by atoms with Crippen molar-refractivity contribution in [3.8, 4) is 33.6 Å². The molecule has 12 aromatic rings. The molecule has 3 heteroatoms. The van der Waals surface area contributed by atoms with Crippen molar-refractivity contribution in [1.29, 1.82) is 0 Å². The van der Waals surface area contributed by atoms with Gasteiger partial charge < -0.3 is 9.13 Å². The lowest BCUT2D eigenvalue weighted by Crippen LogP contribution is -2.05. The van der Waals surface area contributed by atoms with Gasteiger partial charge in [0.15, 0.2) is 0 Å². The number of para-hydroxylation sites is 1. The molecule has 0 saturated heterocycles. The molecule has 0 aliphatic rings. The maximum atomic E-state index is 2.50. The summed E-state index contributed by atoms with van der Waals surface area (Å²) in [6, 6.07) is 93.9. The maximum Gasteiger partial charge on any atom is 0.0552 e. The van der Waals surface area contributed by atoms with Crippen LogP contribution in [0.2, 0.25) is 0 Å². The fraction of sp³-hybridized carbons (Fsp3) is 0. The van der Waals surface area contributed by atoms with Crippen LogP contribution in [0.3, 0.4) is 0 Å². The van der Waals surface area contributed by atoms with E-state index in [1.807, 2.05) is 0 Å². The molecular weight excluding hydrogens is 781 g/mol. The molecule has 2 heterocycles. The Kier molecular flexibility index (Phi) is 8.95. The zero-order valence-electron chi connectivity index (χ0n) is 34.6. The molecule has 0 unspecified atom stereocenters. The van der Waals surface area contributed by atoms with Crippen molar-refractivity contribution in [1.82, 2.24) is 9.13 Å². The fourth-order valence-electron chi connectivity index (χ4n) is 9.90. The quantitative estimate of drug-likeness (QED) is 0.144. The van der Waals surface area contributed by atoms with Gasteiger partial charge in [-0.2, -0.15) is 0 Å². The fourth-order valence-corrected chi connectivity index (χ4v) is 13.8. The predicted octanol–water partition coefficient (Wildman–Crippen LogP) is 16.6. The van der Waals surface area contributed by atoms with E-state index in [0.717, 1.165) is 11.4 Å². The van der Waals surface area contributed by atoms with Crippen molar-refractivity contribution in [2.75, 3.05) is 0 Å². The summed E-state index contributed by atoms with van der Waals surface area (Å²) in [5, 5.41) is 4.94. The Morgan fingerprint density at radius 1 is 0.254 bits per heavy atom. The van der Waals surface area contributed by atoms with Crippen molar-refractivity contribution in [3.05, 3.63) is 255 Å². The van der Waals surface area contributed by atoms with Gasteiger partial charge in [0.25, 0.3) is 0 Å². The number of rotatable bonds is 8. The predicted molar refractivity (Wildman–Crippen MR) is 266 cm³/mol. The lowest BCUT2D eigenvalue weighted by atomic mass is 9.99. The molecule has 0 N–H and O–H groups in total. The minimum Gasteiger partial charge on any atom is -0.309 e. The zero-order valence-corrected chi connectivity index (χ0v) is 35.4. The van der Waals surface area contributed by atoms with Crippen molar-refractivity contribution >= 4 is 53.6 Å².